The van der Waals surface area contributed by atoms with Gasteiger partial charge in [-0.3, -0.25) is 4.79 Å². The molecule has 152 valence electrons. The van der Waals surface area contributed by atoms with E-state index in [-0.39, 0.29) is 28.6 Å². The molecule has 9 nitrogen and oxygen atoms in total. The Labute approximate surface area is 168 Å². The number of hydrazine groups is 1. The van der Waals surface area contributed by atoms with Crippen LogP contribution in [-0.4, -0.2) is 31.1 Å². The van der Waals surface area contributed by atoms with E-state index < -0.39 is 15.9 Å². The highest BCUT2D eigenvalue weighted by Crippen LogP contribution is 2.31. The largest absolute Gasteiger partial charge is 0.508 e. The van der Waals surface area contributed by atoms with Crippen molar-refractivity contribution in [1.82, 2.24) is 9.40 Å². The minimum absolute atomic E-state index is 0.00992. The maximum Gasteiger partial charge on any atom is 0.284 e. The van der Waals surface area contributed by atoms with E-state index in [9.17, 15) is 18.3 Å². The number of hydrogen-bond donors (Lipinski definition) is 2. The number of nitrogens with zero attached hydrogens (tertiary/aromatic N) is 3. The van der Waals surface area contributed by atoms with E-state index in [2.05, 4.69) is 4.83 Å². The maximum absolute atomic E-state index is 13.0. The number of benzene rings is 2. The van der Waals surface area contributed by atoms with E-state index in [0.29, 0.717) is 0 Å². The minimum atomic E-state index is -4.07. The molecule has 1 amide bonds. The number of ether oxygens (including phenoxy) is 1. The van der Waals surface area contributed by atoms with E-state index >= 15 is 0 Å². The number of aryl methyl sites for hydroxylation is 1. The molecule has 0 saturated heterocycles. The lowest BCUT2D eigenvalue weighted by molar-refractivity contribution is -0.671. The number of rotatable bonds is 7. The van der Waals surface area contributed by atoms with Gasteiger partial charge in [0.25, 0.3) is 15.9 Å². The first kappa shape index (κ1) is 20.4. The molecule has 1 heterocycles. The Morgan fingerprint density at radius 3 is 2.59 bits per heavy atom. The minimum Gasteiger partial charge on any atom is -0.508 e. The monoisotopic (exact) mass is 417 g/mol. The Balaban J connectivity index is 2.02. The number of nitrogens with one attached hydrogen (secondary N) is 1. The highest BCUT2D eigenvalue weighted by Gasteiger charge is 2.28. The number of anilines is 1. The molecule has 0 aliphatic heterocycles. The lowest BCUT2D eigenvalue weighted by atomic mass is 10.2. The van der Waals surface area contributed by atoms with Gasteiger partial charge in [-0.05, 0) is 24.3 Å². The number of carbonyl (C=O) groups excluding carboxylic acids is 1. The second-order valence-electron chi connectivity index (χ2n) is 6.24. The maximum atomic E-state index is 13.0. The SMILES string of the molecule is COc1ccc(O)cc1N(NS(=O)(=O)c1ccccc1)C(=O)Cn1cc[n+](C)c1. The molecule has 0 atom stereocenters. The second kappa shape index (κ2) is 8.33. The molecule has 10 heteroatoms. The molecule has 2 aromatic carbocycles. The van der Waals surface area contributed by atoms with Crippen molar-refractivity contribution in [3.05, 3.63) is 67.3 Å². The Hall–Kier alpha value is -3.37. The van der Waals surface area contributed by atoms with Crippen LogP contribution < -0.4 is 19.1 Å². The summed E-state index contributed by atoms with van der Waals surface area (Å²) < 4.78 is 34.3. The lowest BCUT2D eigenvalue weighted by Gasteiger charge is -2.24. The van der Waals surface area contributed by atoms with Crippen LogP contribution in [0.5, 0.6) is 11.5 Å². The summed E-state index contributed by atoms with van der Waals surface area (Å²) >= 11 is 0. The van der Waals surface area contributed by atoms with E-state index in [1.54, 1.807) is 53.1 Å². The molecule has 3 rings (SSSR count). The molecule has 0 aliphatic carbocycles. The summed E-state index contributed by atoms with van der Waals surface area (Å²) in [5, 5.41) is 10.8. The average molecular weight is 417 g/mol. The van der Waals surface area contributed by atoms with Gasteiger partial charge in [-0.15, -0.1) is 4.83 Å². The fourth-order valence-corrected chi connectivity index (χ4v) is 3.74. The van der Waals surface area contributed by atoms with Crippen LogP contribution in [-0.2, 0) is 28.4 Å². The van der Waals surface area contributed by atoms with Gasteiger partial charge < -0.3 is 9.84 Å². The third-order valence-electron chi connectivity index (χ3n) is 4.06. The number of sulfonamides is 1. The lowest BCUT2D eigenvalue weighted by Crippen LogP contribution is -2.48. The Bertz CT molecular complexity index is 1110. The van der Waals surface area contributed by atoms with E-state index in [0.717, 1.165) is 5.01 Å². The fraction of sp³-hybridized carbons (Fsp3) is 0.158. The molecule has 0 aliphatic rings. The van der Waals surface area contributed by atoms with Gasteiger partial charge >= 0.3 is 0 Å². The van der Waals surface area contributed by atoms with Crippen LogP contribution in [0.25, 0.3) is 0 Å². The van der Waals surface area contributed by atoms with Gasteiger partial charge in [-0.2, -0.15) is 0 Å². The molecule has 3 aromatic rings. The van der Waals surface area contributed by atoms with Gasteiger partial charge in [0, 0.05) is 6.07 Å². The molecule has 29 heavy (non-hydrogen) atoms. The smallest absolute Gasteiger partial charge is 0.284 e. The van der Waals surface area contributed by atoms with Crippen LogP contribution in [0, 0.1) is 0 Å². The Morgan fingerprint density at radius 2 is 1.97 bits per heavy atom. The standard InChI is InChI=1S/C19H20N4O5S/c1-21-10-11-22(14-21)13-19(25)23(17-12-15(24)8-9-18(17)28-2)20-29(26,27)16-6-4-3-5-7-16/h3-12,14,20H,13H2,1-2H3/p+1. The number of aromatic nitrogens is 2. The number of carbonyl (C=O) groups is 1. The van der Waals surface area contributed by atoms with Gasteiger partial charge in [0.15, 0.2) is 6.54 Å². The van der Waals surface area contributed by atoms with Crippen LogP contribution in [0.1, 0.15) is 0 Å². The van der Waals surface area contributed by atoms with Crippen molar-refractivity contribution in [3.8, 4) is 11.5 Å². The molecule has 2 N–H and O–H groups in total. The van der Waals surface area contributed by atoms with Crippen LogP contribution in [0.2, 0.25) is 0 Å². The second-order valence-corrected chi connectivity index (χ2v) is 7.91. The third kappa shape index (κ3) is 4.73. The molecular weight excluding hydrogens is 396 g/mol. The summed E-state index contributed by atoms with van der Waals surface area (Å²) in [7, 11) is -0.888. The molecule has 0 fully saturated rings. The number of phenolic OH excluding ortho intramolecular Hbond substituents is 1. The molecule has 0 radical (unpaired) electrons. The van der Waals surface area contributed by atoms with Crippen molar-refractivity contribution in [1.29, 1.82) is 0 Å². The topological polar surface area (TPSA) is 105 Å². The predicted molar refractivity (Wildman–Crippen MR) is 105 cm³/mol. The zero-order valence-corrected chi connectivity index (χ0v) is 16.7. The predicted octanol–water partition coefficient (Wildman–Crippen LogP) is 0.953. The van der Waals surface area contributed by atoms with Crippen molar-refractivity contribution in [3.63, 3.8) is 0 Å². The third-order valence-corrected chi connectivity index (χ3v) is 5.37. The zero-order valence-electron chi connectivity index (χ0n) is 15.9. The molecule has 0 spiro atoms. The first-order valence-corrected chi connectivity index (χ1v) is 10.1. The van der Waals surface area contributed by atoms with Crippen molar-refractivity contribution in [2.45, 2.75) is 11.4 Å². The van der Waals surface area contributed by atoms with Crippen LogP contribution in [0.3, 0.4) is 0 Å². The van der Waals surface area contributed by atoms with E-state index in [1.165, 1.54) is 37.4 Å². The molecule has 1 aromatic heterocycles. The number of imidazole rings is 1. The van der Waals surface area contributed by atoms with Crippen LogP contribution in [0.4, 0.5) is 5.69 Å². The normalized spacial score (nSPS) is 11.2. The van der Waals surface area contributed by atoms with Gasteiger partial charge in [0.2, 0.25) is 6.33 Å². The highest BCUT2D eigenvalue weighted by molar-refractivity contribution is 7.89. The van der Waals surface area contributed by atoms with Gasteiger partial charge in [-0.25, -0.2) is 22.6 Å². The molecular formula is C19H21N4O5S+. The van der Waals surface area contributed by atoms with Crippen molar-refractivity contribution in [2.75, 3.05) is 12.1 Å². The summed E-state index contributed by atoms with van der Waals surface area (Å²) in [6.07, 6.45) is 5.11. The highest BCUT2D eigenvalue weighted by atomic mass is 32.2. The van der Waals surface area contributed by atoms with Crippen molar-refractivity contribution < 1.29 is 27.6 Å². The van der Waals surface area contributed by atoms with Gasteiger partial charge in [0.05, 0.1) is 19.1 Å². The molecule has 0 unspecified atom stereocenters. The summed E-state index contributed by atoms with van der Waals surface area (Å²) in [6.45, 7) is -0.142. The number of hydrogen-bond acceptors (Lipinski definition) is 5. The van der Waals surface area contributed by atoms with Gasteiger partial charge in [0.1, 0.15) is 29.6 Å². The first-order valence-electron chi connectivity index (χ1n) is 8.58. The van der Waals surface area contributed by atoms with E-state index in [1.807, 2.05) is 0 Å². The molecule has 0 saturated carbocycles. The molecule has 0 bridgehead atoms. The van der Waals surface area contributed by atoms with Crippen LogP contribution >= 0.6 is 0 Å². The van der Waals surface area contributed by atoms with Crippen LogP contribution in [0.15, 0.2) is 72.1 Å². The Morgan fingerprint density at radius 1 is 1.24 bits per heavy atom. The summed E-state index contributed by atoms with van der Waals surface area (Å²) in [5.74, 6) is -0.514. The fourth-order valence-electron chi connectivity index (χ4n) is 2.68. The first-order chi connectivity index (χ1) is 13.8. The summed E-state index contributed by atoms with van der Waals surface area (Å²) in [6, 6.07) is 11.7. The van der Waals surface area contributed by atoms with Crippen molar-refractivity contribution >= 4 is 21.6 Å². The quantitative estimate of drug-likeness (QED) is 0.440. The number of phenols is 1. The Kier molecular flexibility index (Phi) is 5.85. The average Bonchev–Trinajstić information content (AvgIpc) is 3.11. The number of amides is 1. The van der Waals surface area contributed by atoms with E-state index in [4.69, 9.17) is 4.74 Å². The van der Waals surface area contributed by atoms with Gasteiger partial charge in [-0.1, -0.05) is 18.2 Å². The zero-order chi connectivity index (χ0) is 21.0. The summed E-state index contributed by atoms with van der Waals surface area (Å²) in [4.78, 5) is 15.3. The number of aromatic hydroxyl groups is 1. The summed E-state index contributed by atoms with van der Waals surface area (Å²) in [5.41, 5.74) is 0.0635. The number of methoxy groups -OCH3 is 1. The van der Waals surface area contributed by atoms with Crippen molar-refractivity contribution in [2.24, 2.45) is 7.05 Å².